The Labute approximate surface area is 208 Å². The second kappa shape index (κ2) is 9.63. The summed E-state index contributed by atoms with van der Waals surface area (Å²) in [6.07, 6.45) is -14.0. The number of aliphatic carboxylic acids is 1. The topological polar surface area (TPSA) is 105 Å². The van der Waals surface area contributed by atoms with E-state index in [2.05, 4.69) is 19.7 Å². The molecule has 0 amide bonds. The average molecular weight is 554 g/mol. The minimum Gasteiger partial charge on any atom is -0.492 e. The highest BCUT2D eigenvalue weighted by atomic mass is 35.5. The van der Waals surface area contributed by atoms with Gasteiger partial charge in [0.1, 0.15) is 12.2 Å². The number of rotatable bonds is 6. The van der Waals surface area contributed by atoms with Crippen molar-refractivity contribution in [3.63, 3.8) is 0 Å². The highest BCUT2D eigenvalue weighted by molar-refractivity contribution is 6.30. The van der Waals surface area contributed by atoms with Crippen LogP contribution >= 0.6 is 11.6 Å². The van der Waals surface area contributed by atoms with Crippen LogP contribution in [0.4, 0.5) is 26.3 Å². The van der Waals surface area contributed by atoms with Crippen molar-refractivity contribution < 1.29 is 55.2 Å². The van der Waals surface area contributed by atoms with Gasteiger partial charge in [0, 0.05) is 16.1 Å². The average Bonchev–Trinajstić information content (AvgIpc) is 3.11. The van der Waals surface area contributed by atoms with E-state index in [1.807, 2.05) is 0 Å². The molecule has 0 radical (unpaired) electrons. The van der Waals surface area contributed by atoms with Crippen LogP contribution in [0.25, 0.3) is 5.69 Å². The molecule has 2 aromatic carbocycles. The van der Waals surface area contributed by atoms with E-state index in [4.69, 9.17) is 21.1 Å². The van der Waals surface area contributed by atoms with Crippen LogP contribution < -0.4 is 14.2 Å². The van der Waals surface area contributed by atoms with Crippen molar-refractivity contribution in [1.29, 1.82) is 0 Å². The van der Waals surface area contributed by atoms with Crippen LogP contribution in [0, 0.1) is 0 Å². The molecule has 1 aromatic heterocycles. The summed E-state index contributed by atoms with van der Waals surface area (Å²) in [7, 11) is 1.07. The Morgan fingerprint density at radius 1 is 1.08 bits per heavy atom. The molecular weight excluding hydrogens is 540 g/mol. The first kappa shape index (κ1) is 26.3. The summed E-state index contributed by atoms with van der Waals surface area (Å²) in [5, 5.41) is 16.5. The smallest absolute Gasteiger partial charge is 0.492 e. The predicted octanol–water partition coefficient (Wildman–Crippen LogP) is 5.36. The minimum atomic E-state index is -5.18. The molecule has 0 bridgehead atoms. The SMILES string of the molecule is COc1c(OC(F)(F)F)cccc1[C@H]1O[C@H](CC(=O)O)c2nnc(OC(F)(F)F)n2-c2ccc(Cl)cc21. The molecule has 1 aliphatic heterocycles. The monoisotopic (exact) mass is 553 g/mol. The van der Waals surface area contributed by atoms with E-state index in [0.717, 1.165) is 17.7 Å². The van der Waals surface area contributed by atoms with E-state index in [0.29, 0.717) is 0 Å². The number of nitrogens with zero attached hydrogens (tertiary/aromatic N) is 3. The fourth-order valence-electron chi connectivity index (χ4n) is 3.82. The first-order valence-electron chi connectivity index (χ1n) is 10.1. The zero-order valence-electron chi connectivity index (χ0n) is 18.3. The summed E-state index contributed by atoms with van der Waals surface area (Å²) in [6.45, 7) is 0. The van der Waals surface area contributed by atoms with Gasteiger partial charge in [0.2, 0.25) is 0 Å². The summed E-state index contributed by atoms with van der Waals surface area (Å²) in [6, 6.07) is 6.31. The molecule has 1 aliphatic rings. The molecule has 2 heterocycles. The van der Waals surface area contributed by atoms with E-state index < -0.39 is 54.8 Å². The number of para-hydroxylation sites is 1. The number of halogens is 7. The number of ether oxygens (including phenoxy) is 4. The fourth-order valence-corrected chi connectivity index (χ4v) is 4.01. The molecule has 16 heteroatoms. The van der Waals surface area contributed by atoms with E-state index in [9.17, 15) is 36.2 Å². The van der Waals surface area contributed by atoms with Gasteiger partial charge in [-0.05, 0) is 24.3 Å². The zero-order valence-corrected chi connectivity index (χ0v) is 19.1. The normalized spacial score (nSPS) is 17.4. The molecule has 0 saturated heterocycles. The van der Waals surface area contributed by atoms with Crippen LogP contribution in [0.3, 0.4) is 0 Å². The molecule has 1 N–H and O–H groups in total. The number of carbonyl (C=O) groups is 1. The zero-order chi connectivity index (χ0) is 27.1. The van der Waals surface area contributed by atoms with Gasteiger partial charge in [-0.2, -0.15) is 0 Å². The number of carboxylic acid groups (broad SMARTS) is 1. The third-order valence-electron chi connectivity index (χ3n) is 5.05. The van der Waals surface area contributed by atoms with Gasteiger partial charge < -0.3 is 24.1 Å². The van der Waals surface area contributed by atoms with Crippen LogP contribution in [0.2, 0.25) is 5.02 Å². The van der Waals surface area contributed by atoms with Crippen molar-refractivity contribution >= 4 is 17.6 Å². The molecule has 0 unspecified atom stereocenters. The Kier molecular flexibility index (Phi) is 6.85. The molecule has 198 valence electrons. The Bertz CT molecular complexity index is 1330. The van der Waals surface area contributed by atoms with Crippen LogP contribution in [0.15, 0.2) is 36.4 Å². The maximum absolute atomic E-state index is 13.1. The first-order valence-corrected chi connectivity index (χ1v) is 10.5. The molecular formula is C21H14ClF6N3O6. The molecule has 0 aliphatic carbocycles. The van der Waals surface area contributed by atoms with E-state index in [-0.39, 0.29) is 27.7 Å². The molecule has 9 nitrogen and oxygen atoms in total. The van der Waals surface area contributed by atoms with Crippen molar-refractivity contribution in [1.82, 2.24) is 14.8 Å². The number of fused-ring (bicyclic) bond motifs is 3. The van der Waals surface area contributed by atoms with Crippen molar-refractivity contribution in [2.45, 2.75) is 31.4 Å². The Hall–Kier alpha value is -3.72. The van der Waals surface area contributed by atoms with Gasteiger partial charge in [-0.15, -0.1) is 31.4 Å². The Morgan fingerprint density at radius 3 is 2.41 bits per heavy atom. The largest absolute Gasteiger partial charge is 0.575 e. The highest BCUT2D eigenvalue weighted by Gasteiger charge is 2.41. The molecule has 0 fully saturated rings. The number of alkyl halides is 6. The molecule has 4 rings (SSSR count). The minimum absolute atomic E-state index is 0.0240. The number of benzene rings is 2. The number of methoxy groups -OCH3 is 1. The quantitative estimate of drug-likeness (QED) is 0.407. The lowest BCUT2D eigenvalue weighted by Crippen LogP contribution is -2.20. The van der Waals surface area contributed by atoms with E-state index in [1.165, 1.54) is 30.3 Å². The van der Waals surface area contributed by atoms with Gasteiger partial charge in [0.15, 0.2) is 17.3 Å². The van der Waals surface area contributed by atoms with Gasteiger partial charge in [-0.1, -0.05) is 28.8 Å². The standard InChI is InChI=1S/C21H14ClF6N3O6/c1-34-17-10(3-2-4-13(17)36-20(23,24)25)16-11-7-9(22)5-6-12(11)31-18(14(35-16)8-15(32)33)29-30-19(31)37-21(26,27)28/h2-7,14,16H,8H2,1H3,(H,32,33)/t14-,16-/m1/s1. The lowest BCUT2D eigenvalue weighted by molar-refractivity contribution is -0.278. The van der Waals surface area contributed by atoms with Crippen molar-refractivity contribution in [2.24, 2.45) is 0 Å². The van der Waals surface area contributed by atoms with Crippen LogP contribution in [0.1, 0.15) is 35.6 Å². The van der Waals surface area contributed by atoms with Gasteiger partial charge in [0.25, 0.3) is 0 Å². The predicted molar refractivity (Wildman–Crippen MR) is 111 cm³/mol. The van der Waals surface area contributed by atoms with Crippen molar-refractivity contribution in [2.75, 3.05) is 7.11 Å². The number of hydrogen-bond acceptors (Lipinski definition) is 7. The van der Waals surface area contributed by atoms with Gasteiger partial charge in [-0.25, -0.2) is 4.57 Å². The maximum atomic E-state index is 13.1. The number of carboxylic acids is 1. The molecule has 3 aromatic rings. The lowest BCUT2D eigenvalue weighted by atomic mass is 9.98. The van der Waals surface area contributed by atoms with Gasteiger partial charge >= 0.3 is 24.7 Å². The second-order valence-electron chi connectivity index (χ2n) is 7.46. The molecule has 37 heavy (non-hydrogen) atoms. The van der Waals surface area contributed by atoms with Crippen LogP contribution in [0.5, 0.6) is 17.5 Å². The summed E-state index contributed by atoms with van der Waals surface area (Å²) in [5.41, 5.74) is -0.109. The Balaban J connectivity index is 1.97. The van der Waals surface area contributed by atoms with Crippen molar-refractivity contribution in [3.8, 4) is 23.2 Å². The molecule has 0 spiro atoms. The number of hydrogen-bond donors (Lipinski definition) is 1. The van der Waals surface area contributed by atoms with Crippen LogP contribution in [-0.4, -0.2) is 45.7 Å². The van der Waals surface area contributed by atoms with E-state index >= 15 is 0 Å². The highest BCUT2D eigenvalue weighted by Crippen LogP contribution is 2.47. The Morgan fingerprint density at radius 2 is 1.78 bits per heavy atom. The summed E-state index contributed by atoms with van der Waals surface area (Å²) in [4.78, 5) is 11.6. The summed E-state index contributed by atoms with van der Waals surface area (Å²) in [5.74, 6) is -2.94. The third-order valence-corrected chi connectivity index (χ3v) is 5.28. The number of aromatic nitrogens is 3. The maximum Gasteiger partial charge on any atom is 0.575 e. The molecule has 0 saturated carbocycles. The van der Waals surface area contributed by atoms with Crippen molar-refractivity contribution in [3.05, 3.63) is 58.4 Å². The second-order valence-corrected chi connectivity index (χ2v) is 7.89. The first-order chi connectivity index (χ1) is 17.3. The van der Waals surface area contributed by atoms with E-state index in [1.54, 1.807) is 0 Å². The van der Waals surface area contributed by atoms with Crippen LogP contribution in [-0.2, 0) is 9.53 Å². The third kappa shape index (κ3) is 5.67. The van der Waals surface area contributed by atoms with Gasteiger partial charge in [-0.3, -0.25) is 4.79 Å². The molecule has 2 atom stereocenters. The van der Waals surface area contributed by atoms with Gasteiger partial charge in [0.05, 0.1) is 19.2 Å². The lowest BCUT2D eigenvalue weighted by Gasteiger charge is -2.25. The summed E-state index contributed by atoms with van der Waals surface area (Å²) >= 11 is 6.14. The fraction of sp³-hybridized carbons (Fsp3) is 0.286. The summed E-state index contributed by atoms with van der Waals surface area (Å²) < 4.78 is 98.2.